The van der Waals surface area contributed by atoms with Gasteiger partial charge in [-0.25, -0.2) is 14.2 Å². The van der Waals surface area contributed by atoms with Gasteiger partial charge in [0, 0.05) is 13.5 Å². The van der Waals surface area contributed by atoms with Crippen LogP contribution >= 0.6 is 0 Å². The number of carbonyl (C=O) groups excluding carboxylic acids is 2. The molecule has 1 aliphatic heterocycles. The van der Waals surface area contributed by atoms with E-state index >= 15 is 0 Å². The van der Waals surface area contributed by atoms with Crippen LogP contribution in [0.2, 0.25) is 0 Å². The van der Waals surface area contributed by atoms with Gasteiger partial charge in [-0.3, -0.25) is 19.1 Å². The van der Waals surface area contributed by atoms with Crippen molar-refractivity contribution in [3.8, 4) is 5.75 Å². The average Bonchev–Trinajstić information content (AvgIpc) is 2.98. The van der Waals surface area contributed by atoms with Gasteiger partial charge in [0.05, 0.1) is 19.3 Å². The Morgan fingerprint density at radius 2 is 1.91 bits per heavy atom. The van der Waals surface area contributed by atoms with Crippen molar-refractivity contribution in [3.63, 3.8) is 0 Å². The number of fused-ring (bicyclic) bond motifs is 1. The highest BCUT2D eigenvalue weighted by Gasteiger charge is 2.36. The van der Waals surface area contributed by atoms with Crippen molar-refractivity contribution in [1.82, 2.24) is 14.5 Å². The molecular formula is C25H32FN3O6. The van der Waals surface area contributed by atoms with Crippen molar-refractivity contribution in [2.75, 3.05) is 20.3 Å². The summed E-state index contributed by atoms with van der Waals surface area (Å²) in [6.07, 6.45) is 0.101. The maximum absolute atomic E-state index is 13.2. The van der Waals surface area contributed by atoms with E-state index in [4.69, 9.17) is 9.47 Å². The highest BCUT2D eigenvalue weighted by Crippen LogP contribution is 2.29. The fourth-order valence-electron chi connectivity index (χ4n) is 3.86. The topological polar surface area (TPSA) is 111 Å². The first-order chi connectivity index (χ1) is 16.4. The zero-order valence-corrected chi connectivity index (χ0v) is 20.7. The van der Waals surface area contributed by atoms with Crippen molar-refractivity contribution in [1.29, 1.82) is 0 Å². The minimum atomic E-state index is -0.821. The van der Waals surface area contributed by atoms with E-state index in [0.717, 1.165) is 5.56 Å². The van der Waals surface area contributed by atoms with Crippen LogP contribution in [0.3, 0.4) is 0 Å². The van der Waals surface area contributed by atoms with E-state index in [-0.39, 0.29) is 43.4 Å². The van der Waals surface area contributed by atoms with Gasteiger partial charge in [0.15, 0.2) is 11.5 Å². The zero-order chi connectivity index (χ0) is 25.9. The summed E-state index contributed by atoms with van der Waals surface area (Å²) in [5.41, 5.74) is -1.14. The summed E-state index contributed by atoms with van der Waals surface area (Å²) in [4.78, 5) is 44.7. The molecule has 1 aromatic heterocycles. The summed E-state index contributed by atoms with van der Waals surface area (Å²) in [6.45, 7) is 7.29. The number of hydrogen-bond acceptors (Lipinski definition) is 7. The first-order valence-corrected chi connectivity index (χ1v) is 11.6. The maximum atomic E-state index is 13.2. The lowest BCUT2D eigenvalue weighted by molar-refractivity contribution is 0.00824. The standard InChI is InChI=1S/C25H32FN3O6/c1-6-17-13-34-14-18(28(5)24(33)35-25(2,3)4)22-27-20(21(31)23(32)29(17)22)19(30)12-9-15-7-10-16(26)11-8-15/h7-8,10-11,17-18,31H,6,9,12-14H2,1-5H3/t17-,18-/m0/s1. The van der Waals surface area contributed by atoms with Gasteiger partial charge in [-0.2, -0.15) is 0 Å². The molecule has 2 atom stereocenters. The fourth-order valence-corrected chi connectivity index (χ4v) is 3.86. The number of hydrogen-bond donors (Lipinski definition) is 1. The van der Waals surface area contributed by atoms with Crippen LogP contribution in [-0.2, 0) is 15.9 Å². The summed E-state index contributed by atoms with van der Waals surface area (Å²) in [5.74, 6) is -1.51. The van der Waals surface area contributed by atoms with E-state index in [1.165, 1.54) is 28.6 Å². The summed E-state index contributed by atoms with van der Waals surface area (Å²) in [7, 11) is 1.51. The van der Waals surface area contributed by atoms with Crippen LogP contribution in [0.15, 0.2) is 29.1 Å². The molecule has 35 heavy (non-hydrogen) atoms. The Bertz CT molecular complexity index is 1140. The molecule has 3 rings (SSSR count). The van der Waals surface area contributed by atoms with Gasteiger partial charge in [0.2, 0.25) is 5.75 Å². The number of ether oxygens (including phenoxy) is 2. The maximum Gasteiger partial charge on any atom is 0.410 e. The smallest absolute Gasteiger partial charge is 0.410 e. The first kappa shape index (κ1) is 26.3. The van der Waals surface area contributed by atoms with Gasteiger partial charge in [0.1, 0.15) is 23.3 Å². The number of Topliss-reactive ketones (excluding diaryl/α,β-unsaturated/α-hetero) is 1. The normalized spacial score (nSPS) is 17.9. The van der Waals surface area contributed by atoms with Gasteiger partial charge < -0.3 is 14.6 Å². The van der Waals surface area contributed by atoms with Crippen LogP contribution in [0, 0.1) is 5.82 Å². The number of benzene rings is 1. The summed E-state index contributed by atoms with van der Waals surface area (Å²) >= 11 is 0. The Morgan fingerprint density at radius 1 is 1.26 bits per heavy atom. The predicted molar refractivity (Wildman–Crippen MR) is 126 cm³/mol. The lowest BCUT2D eigenvalue weighted by Crippen LogP contribution is -2.41. The molecule has 0 fully saturated rings. The molecule has 190 valence electrons. The minimum Gasteiger partial charge on any atom is -0.501 e. The number of nitrogens with zero attached hydrogens (tertiary/aromatic N) is 3. The summed E-state index contributed by atoms with van der Waals surface area (Å²) in [5, 5.41) is 10.6. The largest absolute Gasteiger partial charge is 0.501 e. The Hall–Kier alpha value is -3.27. The highest BCUT2D eigenvalue weighted by molar-refractivity contribution is 5.96. The molecule has 1 aliphatic rings. The molecule has 1 N–H and O–H groups in total. The molecule has 0 unspecified atom stereocenters. The van der Waals surface area contributed by atoms with Crippen LogP contribution < -0.4 is 5.56 Å². The summed E-state index contributed by atoms with van der Waals surface area (Å²) in [6, 6.07) is 4.47. The second kappa shape index (κ2) is 10.6. The predicted octanol–water partition coefficient (Wildman–Crippen LogP) is 3.79. The Balaban J connectivity index is 2.00. The van der Waals surface area contributed by atoms with Gasteiger partial charge in [-0.05, 0) is 51.3 Å². The number of aromatic nitrogens is 2. The molecule has 0 bridgehead atoms. The molecular weight excluding hydrogens is 457 g/mol. The van der Waals surface area contributed by atoms with E-state index in [2.05, 4.69) is 4.98 Å². The molecule has 0 saturated heterocycles. The third-order valence-electron chi connectivity index (χ3n) is 5.81. The molecule has 0 aliphatic carbocycles. The lowest BCUT2D eigenvalue weighted by atomic mass is 10.0. The molecule has 0 saturated carbocycles. The van der Waals surface area contributed by atoms with E-state index in [0.29, 0.717) is 6.42 Å². The molecule has 0 spiro atoms. The molecule has 1 aromatic carbocycles. The second-order valence-electron chi connectivity index (χ2n) is 9.60. The van der Waals surface area contributed by atoms with Crippen LogP contribution in [0.25, 0.3) is 0 Å². The van der Waals surface area contributed by atoms with Gasteiger partial charge >= 0.3 is 6.09 Å². The van der Waals surface area contributed by atoms with Gasteiger partial charge in [-0.15, -0.1) is 0 Å². The van der Waals surface area contributed by atoms with Crippen molar-refractivity contribution in [2.24, 2.45) is 0 Å². The van der Waals surface area contributed by atoms with Crippen LogP contribution in [-0.4, -0.2) is 57.3 Å². The Labute approximate surface area is 203 Å². The third kappa shape index (κ3) is 6.05. The number of rotatable bonds is 6. The van der Waals surface area contributed by atoms with Crippen LogP contribution in [0.5, 0.6) is 5.75 Å². The number of amides is 1. The Kier molecular flexibility index (Phi) is 7.94. The molecule has 0 radical (unpaired) electrons. The monoisotopic (exact) mass is 489 g/mol. The van der Waals surface area contributed by atoms with Crippen LogP contribution in [0.1, 0.15) is 74.5 Å². The van der Waals surface area contributed by atoms with E-state index in [1.54, 1.807) is 32.9 Å². The lowest BCUT2D eigenvalue weighted by Gasteiger charge is -2.30. The van der Waals surface area contributed by atoms with Gasteiger partial charge in [-0.1, -0.05) is 19.1 Å². The average molecular weight is 490 g/mol. The second-order valence-corrected chi connectivity index (χ2v) is 9.60. The van der Waals surface area contributed by atoms with E-state index in [1.807, 2.05) is 6.92 Å². The molecule has 1 amide bonds. The van der Waals surface area contributed by atoms with E-state index < -0.39 is 40.9 Å². The minimum absolute atomic E-state index is 0.0344. The number of ketones is 1. The zero-order valence-electron chi connectivity index (χ0n) is 20.7. The number of carbonyl (C=O) groups is 2. The van der Waals surface area contributed by atoms with Crippen molar-refractivity contribution < 1.29 is 28.6 Å². The first-order valence-electron chi connectivity index (χ1n) is 11.6. The van der Waals surface area contributed by atoms with Crippen molar-refractivity contribution in [2.45, 2.75) is 64.6 Å². The number of halogens is 1. The molecule has 2 aromatic rings. The quantitative estimate of drug-likeness (QED) is 0.615. The van der Waals surface area contributed by atoms with Crippen molar-refractivity contribution in [3.05, 3.63) is 57.5 Å². The number of aryl methyl sites for hydroxylation is 1. The Morgan fingerprint density at radius 3 is 2.51 bits per heavy atom. The summed E-state index contributed by atoms with van der Waals surface area (Å²) < 4.78 is 25.7. The molecule has 2 heterocycles. The third-order valence-corrected chi connectivity index (χ3v) is 5.81. The van der Waals surface area contributed by atoms with E-state index in [9.17, 15) is 23.9 Å². The van der Waals surface area contributed by atoms with Crippen molar-refractivity contribution >= 4 is 11.9 Å². The highest BCUT2D eigenvalue weighted by atomic mass is 19.1. The molecule has 9 nitrogen and oxygen atoms in total. The number of likely N-dealkylation sites (N-methyl/N-ethyl adjacent to an activating group) is 1. The van der Waals surface area contributed by atoms with Crippen LogP contribution in [0.4, 0.5) is 9.18 Å². The number of aromatic hydroxyl groups is 1. The SMILES string of the molecule is CC[C@H]1COC[C@H](N(C)C(=O)OC(C)(C)C)c2nc(C(=O)CCc3ccc(F)cc3)c(O)c(=O)n21. The fraction of sp³-hybridized carbons (Fsp3) is 0.520. The van der Waals surface area contributed by atoms with Gasteiger partial charge in [0.25, 0.3) is 5.56 Å². The molecule has 10 heteroatoms.